The summed E-state index contributed by atoms with van der Waals surface area (Å²) in [7, 11) is 0. The van der Waals surface area contributed by atoms with Crippen molar-refractivity contribution >= 4 is 5.69 Å². The van der Waals surface area contributed by atoms with Crippen LogP contribution >= 0.6 is 0 Å². The molecule has 1 aliphatic heterocycles. The molecule has 76 valence electrons. The lowest BCUT2D eigenvalue weighted by Gasteiger charge is -2.40. The van der Waals surface area contributed by atoms with Crippen LogP contribution in [0.4, 0.5) is 14.5 Å². The number of aryl methyl sites for hydroxylation is 1. The van der Waals surface area contributed by atoms with Gasteiger partial charge in [-0.2, -0.15) is 0 Å². The van der Waals surface area contributed by atoms with E-state index in [-0.39, 0.29) is 13.1 Å². The van der Waals surface area contributed by atoms with Crippen LogP contribution in [0.15, 0.2) is 18.3 Å². The molecule has 2 rings (SSSR count). The minimum Gasteiger partial charge on any atom is -0.359 e. The summed E-state index contributed by atoms with van der Waals surface area (Å²) in [6.07, 6.45) is 2.50. The topological polar surface area (TPSA) is 16.1 Å². The first-order valence-electron chi connectivity index (χ1n) is 4.68. The largest absolute Gasteiger partial charge is 0.359 e. The molecule has 0 amide bonds. The second-order valence-corrected chi connectivity index (χ2v) is 3.57. The quantitative estimate of drug-likeness (QED) is 0.723. The van der Waals surface area contributed by atoms with Gasteiger partial charge >= 0.3 is 0 Å². The molecule has 0 spiro atoms. The van der Waals surface area contributed by atoms with Crippen molar-refractivity contribution in [1.29, 1.82) is 0 Å². The maximum absolute atomic E-state index is 12.6. The summed E-state index contributed by atoms with van der Waals surface area (Å²) in [6.45, 7) is 1.66. The van der Waals surface area contributed by atoms with E-state index in [9.17, 15) is 8.78 Å². The summed E-state index contributed by atoms with van der Waals surface area (Å²) < 4.78 is 25.2. The number of nitrogens with zero attached hydrogens (tertiary/aromatic N) is 2. The van der Waals surface area contributed by atoms with Crippen LogP contribution in [0, 0.1) is 0 Å². The second kappa shape index (κ2) is 3.19. The summed E-state index contributed by atoms with van der Waals surface area (Å²) >= 11 is 0. The van der Waals surface area contributed by atoms with E-state index >= 15 is 0 Å². The molecule has 2 nitrogen and oxygen atoms in total. The maximum atomic E-state index is 12.6. The van der Waals surface area contributed by atoms with Crippen LogP contribution in [0.5, 0.6) is 0 Å². The molecule has 0 N–H and O–H groups in total. The van der Waals surface area contributed by atoms with E-state index < -0.39 is 5.92 Å². The molecule has 0 unspecified atom stereocenters. The van der Waals surface area contributed by atoms with Crippen LogP contribution in [0.3, 0.4) is 0 Å². The minimum absolute atomic E-state index is 0.167. The van der Waals surface area contributed by atoms with Gasteiger partial charge in [0.25, 0.3) is 5.92 Å². The first kappa shape index (κ1) is 9.37. The third-order valence-electron chi connectivity index (χ3n) is 2.37. The third kappa shape index (κ3) is 1.69. The van der Waals surface area contributed by atoms with Crippen molar-refractivity contribution in [2.45, 2.75) is 19.3 Å². The van der Waals surface area contributed by atoms with E-state index in [4.69, 9.17) is 0 Å². The number of pyridine rings is 1. The Morgan fingerprint density at radius 1 is 1.50 bits per heavy atom. The zero-order chi connectivity index (χ0) is 10.2. The van der Waals surface area contributed by atoms with Gasteiger partial charge in [-0.15, -0.1) is 0 Å². The Balaban J connectivity index is 2.11. The van der Waals surface area contributed by atoms with Gasteiger partial charge in [-0.1, -0.05) is 6.92 Å². The molecular weight excluding hydrogens is 186 g/mol. The minimum atomic E-state index is -2.50. The molecule has 0 bridgehead atoms. The highest BCUT2D eigenvalue weighted by Crippen LogP contribution is 2.31. The molecule has 1 saturated heterocycles. The average Bonchev–Trinajstić information content (AvgIpc) is 2.14. The Labute approximate surface area is 81.6 Å². The normalized spacial score (nSPS) is 19.2. The molecule has 0 saturated carbocycles. The van der Waals surface area contributed by atoms with Crippen molar-refractivity contribution in [3.05, 3.63) is 24.0 Å². The zero-order valence-corrected chi connectivity index (χ0v) is 8.00. The molecule has 1 aromatic heterocycles. The maximum Gasteiger partial charge on any atom is 0.282 e. The van der Waals surface area contributed by atoms with E-state index in [1.807, 2.05) is 13.0 Å². The highest BCUT2D eigenvalue weighted by Gasteiger charge is 2.43. The third-order valence-corrected chi connectivity index (χ3v) is 2.37. The van der Waals surface area contributed by atoms with Gasteiger partial charge in [-0.25, -0.2) is 8.78 Å². The van der Waals surface area contributed by atoms with Crippen molar-refractivity contribution in [3.63, 3.8) is 0 Å². The lowest BCUT2D eigenvalue weighted by molar-refractivity contribution is -0.0262. The van der Waals surface area contributed by atoms with Crippen molar-refractivity contribution in [2.24, 2.45) is 0 Å². The van der Waals surface area contributed by atoms with Gasteiger partial charge in [0.05, 0.1) is 13.1 Å². The molecule has 1 aromatic rings. The molecule has 0 aromatic carbocycles. The van der Waals surface area contributed by atoms with Crippen molar-refractivity contribution in [1.82, 2.24) is 4.98 Å². The number of rotatable bonds is 2. The van der Waals surface area contributed by atoms with E-state index in [0.29, 0.717) is 0 Å². The van der Waals surface area contributed by atoms with Crippen LogP contribution in [0.25, 0.3) is 0 Å². The van der Waals surface area contributed by atoms with Gasteiger partial charge in [-0.05, 0) is 18.6 Å². The SMILES string of the molecule is CCc1cc(N2CC(F)(F)C2)ccn1. The molecule has 1 fully saturated rings. The number of hydrogen-bond donors (Lipinski definition) is 0. The van der Waals surface area contributed by atoms with Gasteiger partial charge in [0, 0.05) is 17.6 Å². The predicted molar refractivity (Wildman–Crippen MR) is 50.8 cm³/mol. The van der Waals surface area contributed by atoms with Crippen molar-refractivity contribution in [3.8, 4) is 0 Å². The highest BCUT2D eigenvalue weighted by molar-refractivity contribution is 5.50. The van der Waals surface area contributed by atoms with Gasteiger partial charge in [0.1, 0.15) is 0 Å². The summed E-state index contributed by atoms with van der Waals surface area (Å²) in [6, 6.07) is 3.64. The van der Waals surface area contributed by atoms with Crippen LogP contribution < -0.4 is 4.90 Å². The van der Waals surface area contributed by atoms with Crippen LogP contribution in [-0.2, 0) is 6.42 Å². The van der Waals surface area contributed by atoms with Crippen LogP contribution in [-0.4, -0.2) is 24.0 Å². The second-order valence-electron chi connectivity index (χ2n) is 3.57. The average molecular weight is 198 g/mol. The standard InChI is InChI=1S/C10H12F2N2/c1-2-8-5-9(3-4-13-8)14-6-10(11,12)7-14/h3-5H,2,6-7H2,1H3. The monoisotopic (exact) mass is 198 g/mol. The Morgan fingerprint density at radius 3 is 2.79 bits per heavy atom. The molecule has 0 aliphatic carbocycles. The lowest BCUT2D eigenvalue weighted by atomic mass is 10.1. The summed E-state index contributed by atoms with van der Waals surface area (Å²) in [5.74, 6) is -2.50. The summed E-state index contributed by atoms with van der Waals surface area (Å²) in [4.78, 5) is 5.79. The molecule has 14 heavy (non-hydrogen) atoms. The smallest absolute Gasteiger partial charge is 0.282 e. The van der Waals surface area contributed by atoms with Gasteiger partial charge in [0.15, 0.2) is 0 Å². The van der Waals surface area contributed by atoms with E-state index in [1.54, 1.807) is 17.2 Å². The van der Waals surface area contributed by atoms with Crippen molar-refractivity contribution < 1.29 is 8.78 Å². The number of alkyl halides is 2. The Hall–Kier alpha value is -1.19. The fourth-order valence-corrected chi connectivity index (χ4v) is 1.55. The number of anilines is 1. The molecule has 0 radical (unpaired) electrons. The van der Waals surface area contributed by atoms with Gasteiger partial charge in [-0.3, -0.25) is 4.98 Å². The molecule has 2 heterocycles. The summed E-state index contributed by atoms with van der Waals surface area (Å²) in [5, 5.41) is 0. The van der Waals surface area contributed by atoms with Crippen LogP contribution in [0.1, 0.15) is 12.6 Å². The Morgan fingerprint density at radius 2 is 2.21 bits per heavy atom. The first-order valence-corrected chi connectivity index (χ1v) is 4.68. The van der Waals surface area contributed by atoms with Gasteiger partial charge in [0.2, 0.25) is 0 Å². The Bertz CT molecular complexity index is 331. The molecule has 4 heteroatoms. The molecule has 1 aliphatic rings. The fraction of sp³-hybridized carbons (Fsp3) is 0.500. The predicted octanol–water partition coefficient (Wildman–Crippen LogP) is 2.10. The first-order chi connectivity index (χ1) is 6.61. The van der Waals surface area contributed by atoms with E-state index in [2.05, 4.69) is 4.98 Å². The fourth-order valence-electron chi connectivity index (χ4n) is 1.55. The molecular formula is C10H12F2N2. The van der Waals surface area contributed by atoms with E-state index in [1.165, 1.54) is 0 Å². The van der Waals surface area contributed by atoms with Crippen LogP contribution in [0.2, 0.25) is 0 Å². The zero-order valence-electron chi connectivity index (χ0n) is 8.00. The summed E-state index contributed by atoms with van der Waals surface area (Å²) in [5.41, 5.74) is 1.79. The lowest BCUT2D eigenvalue weighted by Crippen LogP contribution is -2.56. The number of halogens is 2. The van der Waals surface area contributed by atoms with E-state index in [0.717, 1.165) is 17.8 Å². The Kier molecular flexibility index (Phi) is 2.13. The van der Waals surface area contributed by atoms with Crippen molar-refractivity contribution in [2.75, 3.05) is 18.0 Å². The highest BCUT2D eigenvalue weighted by atomic mass is 19.3. The molecule has 0 atom stereocenters. The number of hydrogen-bond acceptors (Lipinski definition) is 2. The number of aromatic nitrogens is 1. The van der Waals surface area contributed by atoms with Gasteiger partial charge < -0.3 is 4.90 Å².